The van der Waals surface area contributed by atoms with Crippen molar-refractivity contribution in [2.45, 2.75) is 24.9 Å². The van der Waals surface area contributed by atoms with E-state index in [9.17, 15) is 4.79 Å². The minimum Gasteiger partial charge on any atom is -0.365 e. The number of nitrogens with one attached hydrogen (secondary N) is 1. The summed E-state index contributed by atoms with van der Waals surface area (Å²) in [5.41, 5.74) is 1.63. The van der Waals surface area contributed by atoms with Crippen LogP contribution >= 0.6 is 11.6 Å². The van der Waals surface area contributed by atoms with Gasteiger partial charge in [0.05, 0.1) is 34.7 Å². The first-order valence-electron chi connectivity index (χ1n) is 9.80. The van der Waals surface area contributed by atoms with E-state index in [4.69, 9.17) is 11.6 Å². The molecule has 146 valence electrons. The Morgan fingerprint density at radius 1 is 1.14 bits per heavy atom. The standard InChI is InChI=1S/C21H19ClN6O/c22-14-5-6-18(23-11-14)26-16-10-21-9-13(21)12-27(19(16)21)20(29)15-3-1-2-4-17(15)28-24-7-8-25-28/h1-8,11,13,16,19H,9-10,12H2,(H,23,26). The number of pyridine rings is 1. The summed E-state index contributed by atoms with van der Waals surface area (Å²) < 4.78 is 0. The molecule has 29 heavy (non-hydrogen) atoms. The van der Waals surface area contributed by atoms with Gasteiger partial charge in [-0.2, -0.15) is 15.0 Å². The van der Waals surface area contributed by atoms with Crippen molar-refractivity contribution >= 4 is 23.3 Å². The van der Waals surface area contributed by atoms with E-state index in [1.54, 1.807) is 18.6 Å². The van der Waals surface area contributed by atoms with Crippen LogP contribution in [0.4, 0.5) is 5.82 Å². The van der Waals surface area contributed by atoms with Gasteiger partial charge in [0, 0.05) is 18.8 Å². The van der Waals surface area contributed by atoms with E-state index in [-0.39, 0.29) is 18.0 Å². The van der Waals surface area contributed by atoms with E-state index in [2.05, 4.69) is 20.5 Å². The number of aromatic nitrogens is 4. The van der Waals surface area contributed by atoms with Gasteiger partial charge in [0.15, 0.2) is 0 Å². The minimum absolute atomic E-state index is 0.0463. The highest BCUT2D eigenvalue weighted by atomic mass is 35.5. The first-order chi connectivity index (χ1) is 14.2. The number of amides is 1. The first-order valence-corrected chi connectivity index (χ1v) is 10.2. The molecule has 1 spiro atoms. The Kier molecular flexibility index (Phi) is 3.53. The Morgan fingerprint density at radius 2 is 1.97 bits per heavy atom. The van der Waals surface area contributed by atoms with Crippen LogP contribution in [0.5, 0.6) is 0 Å². The van der Waals surface area contributed by atoms with Gasteiger partial charge in [-0.25, -0.2) is 4.98 Å². The number of hydrogen-bond donors (Lipinski definition) is 1. The largest absolute Gasteiger partial charge is 0.365 e. The number of likely N-dealkylation sites (tertiary alicyclic amines) is 1. The molecule has 3 fully saturated rings. The molecule has 3 aromatic rings. The summed E-state index contributed by atoms with van der Waals surface area (Å²) in [5, 5.41) is 12.5. The second-order valence-electron chi connectivity index (χ2n) is 8.19. The van der Waals surface area contributed by atoms with Crippen LogP contribution < -0.4 is 5.32 Å². The molecule has 2 aromatic heterocycles. The fourth-order valence-electron chi connectivity index (χ4n) is 5.33. The zero-order chi connectivity index (χ0) is 19.6. The molecule has 1 amide bonds. The number of halogens is 1. The molecule has 2 aliphatic carbocycles. The fourth-order valence-corrected chi connectivity index (χ4v) is 5.44. The summed E-state index contributed by atoms with van der Waals surface area (Å²) in [4.78, 5) is 21.5. The third-order valence-corrected chi connectivity index (χ3v) is 6.92. The predicted octanol–water partition coefficient (Wildman–Crippen LogP) is 3.03. The van der Waals surface area contributed by atoms with Crippen LogP contribution in [0.2, 0.25) is 5.02 Å². The van der Waals surface area contributed by atoms with Crippen molar-refractivity contribution in [2.75, 3.05) is 11.9 Å². The molecule has 1 saturated heterocycles. The van der Waals surface area contributed by atoms with Gasteiger partial charge in [-0.15, -0.1) is 0 Å². The molecule has 8 heteroatoms. The number of nitrogens with zero attached hydrogens (tertiary/aromatic N) is 5. The maximum Gasteiger partial charge on any atom is 0.256 e. The number of para-hydroxylation sites is 1. The topological polar surface area (TPSA) is 75.9 Å². The molecule has 2 saturated carbocycles. The maximum absolute atomic E-state index is 13.6. The van der Waals surface area contributed by atoms with Crippen LogP contribution in [-0.4, -0.2) is 49.4 Å². The van der Waals surface area contributed by atoms with Gasteiger partial charge in [0.25, 0.3) is 5.91 Å². The van der Waals surface area contributed by atoms with Crippen LogP contribution in [0, 0.1) is 11.3 Å². The van der Waals surface area contributed by atoms with Gasteiger partial charge in [-0.3, -0.25) is 4.79 Å². The highest BCUT2D eigenvalue weighted by molar-refractivity contribution is 6.30. The summed E-state index contributed by atoms with van der Waals surface area (Å²) >= 11 is 5.95. The van der Waals surface area contributed by atoms with Crippen molar-refractivity contribution in [3.63, 3.8) is 0 Å². The van der Waals surface area contributed by atoms with Crippen LogP contribution in [0.15, 0.2) is 55.0 Å². The molecule has 4 unspecified atom stereocenters. The molecule has 0 bridgehead atoms. The fraction of sp³-hybridized carbons (Fsp3) is 0.333. The van der Waals surface area contributed by atoms with E-state index >= 15 is 0 Å². The third kappa shape index (κ3) is 2.50. The number of rotatable bonds is 4. The van der Waals surface area contributed by atoms with Crippen molar-refractivity contribution in [3.05, 3.63) is 65.6 Å². The molecule has 1 N–H and O–H groups in total. The van der Waals surface area contributed by atoms with Crippen molar-refractivity contribution in [2.24, 2.45) is 11.3 Å². The summed E-state index contributed by atoms with van der Waals surface area (Å²) in [6.07, 6.45) is 7.18. The number of anilines is 1. The zero-order valence-electron chi connectivity index (χ0n) is 15.6. The van der Waals surface area contributed by atoms with Gasteiger partial charge in [0.1, 0.15) is 5.82 Å². The first kappa shape index (κ1) is 17.0. The van der Waals surface area contributed by atoms with Crippen LogP contribution in [0.3, 0.4) is 0 Å². The quantitative estimate of drug-likeness (QED) is 0.720. The summed E-state index contributed by atoms with van der Waals surface area (Å²) in [7, 11) is 0. The smallest absolute Gasteiger partial charge is 0.256 e. The Balaban J connectivity index is 1.28. The van der Waals surface area contributed by atoms with Gasteiger partial charge in [0.2, 0.25) is 0 Å². The number of piperidine rings is 1. The Morgan fingerprint density at radius 3 is 2.76 bits per heavy atom. The second-order valence-corrected chi connectivity index (χ2v) is 8.63. The van der Waals surface area contributed by atoms with Gasteiger partial charge >= 0.3 is 0 Å². The van der Waals surface area contributed by atoms with Crippen molar-refractivity contribution in [1.82, 2.24) is 24.9 Å². The zero-order valence-corrected chi connectivity index (χ0v) is 16.3. The SMILES string of the molecule is O=C(c1ccccc1-n1nccn1)N1CC2CC23CC(Nc2ccc(Cl)cn2)C13. The highest BCUT2D eigenvalue weighted by Crippen LogP contribution is 2.71. The number of benzene rings is 1. The van der Waals surface area contributed by atoms with Crippen molar-refractivity contribution in [3.8, 4) is 5.69 Å². The van der Waals surface area contributed by atoms with Crippen molar-refractivity contribution < 1.29 is 4.79 Å². The highest BCUT2D eigenvalue weighted by Gasteiger charge is 2.75. The average molecular weight is 407 g/mol. The van der Waals surface area contributed by atoms with E-state index in [1.807, 2.05) is 41.3 Å². The number of carbonyl (C=O) groups excluding carboxylic acids is 1. The van der Waals surface area contributed by atoms with Crippen LogP contribution in [0.1, 0.15) is 23.2 Å². The summed E-state index contributed by atoms with van der Waals surface area (Å²) in [6.45, 7) is 0.816. The van der Waals surface area contributed by atoms with Gasteiger partial charge in [-0.1, -0.05) is 23.7 Å². The molecular formula is C21H19ClN6O. The predicted molar refractivity (Wildman–Crippen MR) is 108 cm³/mol. The van der Waals surface area contributed by atoms with E-state index in [0.717, 1.165) is 18.8 Å². The van der Waals surface area contributed by atoms with Gasteiger partial charge < -0.3 is 10.2 Å². The monoisotopic (exact) mass is 406 g/mol. The molecular weight excluding hydrogens is 388 g/mol. The Labute approximate surface area is 172 Å². The molecule has 6 rings (SSSR count). The van der Waals surface area contributed by atoms with Crippen molar-refractivity contribution in [1.29, 1.82) is 0 Å². The Hall–Kier alpha value is -2.93. The normalized spacial score (nSPS) is 29.0. The number of hydrogen-bond acceptors (Lipinski definition) is 5. The molecule has 3 aliphatic rings. The molecule has 4 atom stereocenters. The maximum atomic E-state index is 13.6. The lowest BCUT2D eigenvalue weighted by atomic mass is 9.71. The van der Waals surface area contributed by atoms with Crippen LogP contribution in [0.25, 0.3) is 5.69 Å². The van der Waals surface area contributed by atoms with E-state index < -0.39 is 0 Å². The summed E-state index contributed by atoms with van der Waals surface area (Å²) in [6, 6.07) is 11.6. The lowest BCUT2D eigenvalue weighted by molar-refractivity contribution is 0.0471. The van der Waals surface area contributed by atoms with E-state index in [0.29, 0.717) is 27.6 Å². The lowest BCUT2D eigenvalue weighted by Gasteiger charge is -2.48. The van der Waals surface area contributed by atoms with E-state index in [1.165, 1.54) is 11.2 Å². The molecule has 1 aliphatic heterocycles. The summed E-state index contributed by atoms with van der Waals surface area (Å²) in [5.74, 6) is 1.46. The lowest BCUT2D eigenvalue weighted by Crippen LogP contribution is -2.60. The third-order valence-electron chi connectivity index (χ3n) is 6.69. The molecule has 0 radical (unpaired) electrons. The Bertz CT molecular complexity index is 1080. The van der Waals surface area contributed by atoms with Crippen LogP contribution in [-0.2, 0) is 0 Å². The second kappa shape index (κ2) is 6.03. The molecule has 7 nitrogen and oxygen atoms in total. The molecule has 3 heterocycles. The average Bonchev–Trinajstić information content (AvgIpc) is 3.10. The molecule has 1 aromatic carbocycles. The number of carbonyl (C=O) groups is 1. The van der Waals surface area contributed by atoms with Gasteiger partial charge in [-0.05, 0) is 48.4 Å². The minimum atomic E-state index is 0.0463.